The van der Waals surface area contributed by atoms with Crippen molar-refractivity contribution >= 4 is 0 Å². The van der Waals surface area contributed by atoms with E-state index in [2.05, 4.69) is 29.2 Å². The van der Waals surface area contributed by atoms with E-state index in [0.29, 0.717) is 0 Å². The largest absolute Gasteiger partial charge is 0.493 e. The first-order chi connectivity index (χ1) is 8.34. The zero-order valence-electron chi connectivity index (χ0n) is 9.94. The molecule has 17 heavy (non-hydrogen) atoms. The van der Waals surface area contributed by atoms with Crippen molar-refractivity contribution in [2.75, 3.05) is 6.61 Å². The third kappa shape index (κ3) is 1.91. The molecule has 0 N–H and O–H groups in total. The van der Waals surface area contributed by atoms with Crippen molar-refractivity contribution in [1.29, 1.82) is 0 Å². The summed E-state index contributed by atoms with van der Waals surface area (Å²) in [5.74, 6) is 1.06. The third-order valence-corrected chi connectivity index (χ3v) is 3.14. The van der Waals surface area contributed by atoms with Crippen LogP contribution < -0.4 is 4.74 Å². The first kappa shape index (κ1) is 10.3. The Morgan fingerprint density at radius 2 is 2.18 bits per heavy atom. The van der Waals surface area contributed by atoms with Gasteiger partial charge in [-0.15, -0.1) is 0 Å². The van der Waals surface area contributed by atoms with Crippen LogP contribution in [0, 0.1) is 6.92 Å². The summed E-state index contributed by atoms with van der Waals surface area (Å²) in [5, 5.41) is 0. The lowest BCUT2D eigenvalue weighted by molar-refractivity contribution is 0.289. The molecular weight excluding hydrogens is 210 g/mol. The Morgan fingerprint density at radius 3 is 3.06 bits per heavy atom. The molecule has 2 nitrogen and oxygen atoms in total. The van der Waals surface area contributed by atoms with E-state index in [1.165, 1.54) is 16.7 Å². The maximum atomic E-state index is 5.83. The lowest BCUT2D eigenvalue weighted by Gasteiger charge is -2.20. The highest BCUT2D eigenvalue weighted by molar-refractivity contribution is 5.72. The maximum absolute atomic E-state index is 5.83. The Kier molecular flexibility index (Phi) is 2.56. The van der Waals surface area contributed by atoms with Crippen LogP contribution in [0.5, 0.6) is 5.75 Å². The number of pyridine rings is 1. The van der Waals surface area contributed by atoms with Gasteiger partial charge >= 0.3 is 0 Å². The molecule has 0 spiro atoms. The molecule has 1 aliphatic rings. The number of benzene rings is 1. The summed E-state index contributed by atoms with van der Waals surface area (Å²) in [5.41, 5.74) is 4.74. The summed E-state index contributed by atoms with van der Waals surface area (Å²) in [4.78, 5) is 4.24. The molecule has 2 heterocycles. The average Bonchev–Trinajstić information content (AvgIpc) is 2.38. The van der Waals surface area contributed by atoms with Crippen molar-refractivity contribution in [3.8, 4) is 16.9 Å². The molecule has 0 fully saturated rings. The summed E-state index contributed by atoms with van der Waals surface area (Å²) in [7, 11) is 0. The van der Waals surface area contributed by atoms with Crippen molar-refractivity contribution < 1.29 is 4.74 Å². The molecule has 0 atom stereocenters. The van der Waals surface area contributed by atoms with E-state index in [4.69, 9.17) is 4.74 Å². The van der Waals surface area contributed by atoms with Gasteiger partial charge in [-0.1, -0.05) is 18.2 Å². The Hall–Kier alpha value is -1.83. The minimum absolute atomic E-state index is 0.827. The van der Waals surface area contributed by atoms with Crippen molar-refractivity contribution in [2.45, 2.75) is 19.8 Å². The zero-order valence-corrected chi connectivity index (χ0v) is 9.94. The van der Waals surface area contributed by atoms with Crippen molar-refractivity contribution in [2.24, 2.45) is 0 Å². The average molecular weight is 225 g/mol. The van der Waals surface area contributed by atoms with Crippen molar-refractivity contribution in [3.05, 3.63) is 47.8 Å². The number of aromatic nitrogens is 1. The zero-order chi connectivity index (χ0) is 11.7. The summed E-state index contributed by atoms with van der Waals surface area (Å²) < 4.78 is 5.83. The SMILES string of the molecule is Cc1cc(-c2cccc3c2OCCC3)ccn1. The van der Waals surface area contributed by atoms with Crippen LogP contribution in [-0.2, 0) is 6.42 Å². The van der Waals surface area contributed by atoms with Crippen LogP contribution in [0.2, 0.25) is 0 Å². The minimum atomic E-state index is 0.827. The van der Waals surface area contributed by atoms with E-state index >= 15 is 0 Å². The van der Waals surface area contributed by atoms with Gasteiger partial charge in [-0.25, -0.2) is 0 Å². The normalized spacial score (nSPS) is 13.9. The van der Waals surface area contributed by atoms with Crippen LogP contribution in [0.3, 0.4) is 0 Å². The summed E-state index contributed by atoms with van der Waals surface area (Å²) >= 11 is 0. The van der Waals surface area contributed by atoms with Gasteiger partial charge < -0.3 is 4.74 Å². The van der Waals surface area contributed by atoms with E-state index in [-0.39, 0.29) is 0 Å². The minimum Gasteiger partial charge on any atom is -0.493 e. The van der Waals surface area contributed by atoms with E-state index in [1.807, 2.05) is 19.2 Å². The molecule has 3 rings (SSSR count). The van der Waals surface area contributed by atoms with Crippen molar-refractivity contribution in [1.82, 2.24) is 4.98 Å². The highest BCUT2D eigenvalue weighted by Crippen LogP contribution is 2.35. The molecule has 0 amide bonds. The molecule has 2 aromatic rings. The van der Waals surface area contributed by atoms with E-state index < -0.39 is 0 Å². The standard InChI is InChI=1S/C15H15NO/c1-11-10-13(7-8-16-11)14-6-2-4-12-5-3-9-17-15(12)14/h2,4,6-8,10H,3,5,9H2,1H3. The van der Waals surface area contributed by atoms with Crippen LogP contribution in [-0.4, -0.2) is 11.6 Å². The fraction of sp³-hybridized carbons (Fsp3) is 0.267. The van der Waals surface area contributed by atoms with Gasteiger partial charge in [-0.3, -0.25) is 4.98 Å². The molecule has 1 aromatic carbocycles. The number of aryl methyl sites for hydroxylation is 2. The van der Waals surface area contributed by atoms with Crippen molar-refractivity contribution in [3.63, 3.8) is 0 Å². The number of rotatable bonds is 1. The predicted octanol–water partition coefficient (Wildman–Crippen LogP) is 3.38. The quantitative estimate of drug-likeness (QED) is 0.742. The summed E-state index contributed by atoms with van der Waals surface area (Å²) in [6, 6.07) is 10.5. The number of fused-ring (bicyclic) bond motifs is 1. The molecular formula is C15H15NO. The number of para-hydroxylation sites is 1. The third-order valence-electron chi connectivity index (χ3n) is 3.14. The van der Waals surface area contributed by atoms with Gasteiger partial charge in [0.25, 0.3) is 0 Å². The summed E-state index contributed by atoms with van der Waals surface area (Å²) in [6.45, 7) is 2.84. The fourth-order valence-electron chi connectivity index (χ4n) is 2.33. The highest BCUT2D eigenvalue weighted by Gasteiger charge is 2.15. The van der Waals surface area contributed by atoms with Gasteiger partial charge in [-0.2, -0.15) is 0 Å². The molecule has 0 radical (unpaired) electrons. The molecule has 1 aliphatic heterocycles. The van der Waals surface area contributed by atoms with Gasteiger partial charge in [0.15, 0.2) is 0 Å². The highest BCUT2D eigenvalue weighted by atomic mass is 16.5. The topological polar surface area (TPSA) is 22.1 Å². The number of nitrogens with zero attached hydrogens (tertiary/aromatic N) is 1. The molecule has 0 saturated carbocycles. The van der Waals surface area contributed by atoms with E-state index in [9.17, 15) is 0 Å². The number of hydrogen-bond acceptors (Lipinski definition) is 2. The first-order valence-corrected chi connectivity index (χ1v) is 6.02. The van der Waals surface area contributed by atoms with Crippen LogP contribution in [0.4, 0.5) is 0 Å². The lowest BCUT2D eigenvalue weighted by atomic mass is 9.98. The number of ether oxygens (including phenoxy) is 1. The Bertz CT molecular complexity index is 548. The van der Waals surface area contributed by atoms with Gasteiger partial charge in [0.1, 0.15) is 5.75 Å². The van der Waals surface area contributed by atoms with Gasteiger partial charge in [0.05, 0.1) is 6.61 Å². The van der Waals surface area contributed by atoms with E-state index in [1.54, 1.807) is 0 Å². The smallest absolute Gasteiger partial charge is 0.130 e. The van der Waals surface area contributed by atoms with E-state index in [0.717, 1.165) is 30.9 Å². The second kappa shape index (κ2) is 4.21. The summed E-state index contributed by atoms with van der Waals surface area (Å²) in [6.07, 6.45) is 4.09. The molecule has 0 aliphatic carbocycles. The number of hydrogen-bond donors (Lipinski definition) is 0. The lowest BCUT2D eigenvalue weighted by Crippen LogP contribution is -2.09. The van der Waals surface area contributed by atoms with Crippen LogP contribution in [0.1, 0.15) is 17.7 Å². The molecule has 0 unspecified atom stereocenters. The van der Waals surface area contributed by atoms with Crippen LogP contribution in [0.25, 0.3) is 11.1 Å². The Morgan fingerprint density at radius 1 is 1.24 bits per heavy atom. The van der Waals surface area contributed by atoms with Gasteiger partial charge in [0.2, 0.25) is 0 Å². The second-order valence-corrected chi connectivity index (χ2v) is 4.43. The Labute approximate surface area is 101 Å². The molecule has 86 valence electrons. The van der Waals surface area contributed by atoms with Crippen LogP contribution in [0.15, 0.2) is 36.5 Å². The molecule has 0 bridgehead atoms. The van der Waals surface area contributed by atoms with Gasteiger partial charge in [0, 0.05) is 17.5 Å². The first-order valence-electron chi connectivity index (χ1n) is 6.02. The fourth-order valence-corrected chi connectivity index (χ4v) is 2.33. The van der Waals surface area contributed by atoms with Crippen LogP contribution >= 0.6 is 0 Å². The Balaban J connectivity index is 2.14. The van der Waals surface area contributed by atoms with Gasteiger partial charge in [-0.05, 0) is 43.0 Å². The molecule has 1 aromatic heterocycles. The molecule has 0 saturated heterocycles. The molecule has 2 heteroatoms. The maximum Gasteiger partial charge on any atom is 0.130 e. The monoisotopic (exact) mass is 225 g/mol. The predicted molar refractivity (Wildman–Crippen MR) is 68.2 cm³/mol. The second-order valence-electron chi connectivity index (χ2n) is 4.43.